The first-order valence-electron chi connectivity index (χ1n) is 8.08. The van der Waals surface area contributed by atoms with Crippen molar-refractivity contribution in [1.82, 2.24) is 19.3 Å². The minimum absolute atomic E-state index is 0.106. The molecular formula is C19H12ClN5O2S. The van der Waals surface area contributed by atoms with Crippen LogP contribution in [0.5, 0.6) is 0 Å². The largest absolute Gasteiger partial charge is 0.478 e. The highest BCUT2D eigenvalue weighted by Crippen LogP contribution is 2.40. The SMILES string of the molecule is Cn1cc(-n2c(C#N)c(Sc3ccc(C(=O)O)cn3)c3ccc(Cl)cc32)cn1. The van der Waals surface area contributed by atoms with E-state index >= 15 is 0 Å². The molecule has 4 aromatic rings. The molecule has 28 heavy (non-hydrogen) atoms. The van der Waals surface area contributed by atoms with Crippen LogP contribution in [0.3, 0.4) is 0 Å². The Labute approximate surface area is 168 Å². The van der Waals surface area contributed by atoms with Gasteiger partial charge >= 0.3 is 5.97 Å². The third kappa shape index (κ3) is 3.11. The van der Waals surface area contributed by atoms with E-state index in [4.69, 9.17) is 16.7 Å². The Balaban J connectivity index is 1.91. The molecule has 138 valence electrons. The molecule has 0 saturated heterocycles. The van der Waals surface area contributed by atoms with Gasteiger partial charge in [-0.25, -0.2) is 9.78 Å². The summed E-state index contributed by atoms with van der Waals surface area (Å²) in [6.07, 6.45) is 4.79. The number of aromatic nitrogens is 4. The van der Waals surface area contributed by atoms with E-state index in [-0.39, 0.29) is 5.56 Å². The molecule has 0 spiro atoms. The fourth-order valence-electron chi connectivity index (χ4n) is 2.90. The predicted molar refractivity (Wildman–Crippen MR) is 105 cm³/mol. The number of hydrogen-bond acceptors (Lipinski definition) is 5. The standard InChI is InChI=1S/C19H12ClN5O2S/c1-24-10-13(9-23-24)25-15-6-12(20)3-4-14(15)18(16(25)7-21)28-17-5-2-11(8-22-17)19(26)27/h2-6,8-10H,1H3,(H,26,27). The van der Waals surface area contributed by atoms with E-state index in [9.17, 15) is 10.1 Å². The Hall–Kier alpha value is -3.28. The number of carboxylic acids is 1. The summed E-state index contributed by atoms with van der Waals surface area (Å²) in [5.74, 6) is -1.04. The van der Waals surface area contributed by atoms with Gasteiger partial charge in [-0.3, -0.25) is 9.25 Å². The Kier molecular flexibility index (Phi) is 4.55. The maximum atomic E-state index is 11.0. The summed E-state index contributed by atoms with van der Waals surface area (Å²) in [4.78, 5) is 15.9. The first-order chi connectivity index (χ1) is 13.5. The van der Waals surface area contributed by atoms with Crippen molar-refractivity contribution in [3.8, 4) is 11.8 Å². The van der Waals surface area contributed by atoms with Crippen molar-refractivity contribution in [3.05, 3.63) is 65.2 Å². The van der Waals surface area contributed by atoms with Crippen LogP contribution in [0.1, 0.15) is 16.1 Å². The van der Waals surface area contributed by atoms with Crippen LogP contribution in [0.25, 0.3) is 16.6 Å². The average molecular weight is 410 g/mol. The van der Waals surface area contributed by atoms with Crippen LogP contribution in [-0.4, -0.2) is 30.4 Å². The third-order valence-electron chi connectivity index (χ3n) is 4.13. The number of benzene rings is 1. The molecule has 1 aromatic carbocycles. The number of halogens is 1. The molecule has 0 aliphatic rings. The van der Waals surface area contributed by atoms with Crippen molar-refractivity contribution >= 4 is 40.2 Å². The predicted octanol–water partition coefficient (Wildman–Crippen LogP) is 4.13. The lowest BCUT2D eigenvalue weighted by Crippen LogP contribution is -1.97. The van der Waals surface area contributed by atoms with E-state index < -0.39 is 5.97 Å². The van der Waals surface area contributed by atoms with Crippen molar-refractivity contribution in [2.24, 2.45) is 7.05 Å². The lowest BCUT2D eigenvalue weighted by atomic mass is 10.2. The molecule has 0 radical (unpaired) electrons. The lowest BCUT2D eigenvalue weighted by molar-refractivity contribution is 0.0696. The van der Waals surface area contributed by atoms with Crippen LogP contribution < -0.4 is 0 Å². The van der Waals surface area contributed by atoms with Crippen LogP contribution in [0, 0.1) is 11.3 Å². The number of carboxylic acid groups (broad SMARTS) is 1. The lowest BCUT2D eigenvalue weighted by Gasteiger charge is -2.04. The summed E-state index contributed by atoms with van der Waals surface area (Å²) in [7, 11) is 1.80. The maximum absolute atomic E-state index is 11.0. The first-order valence-corrected chi connectivity index (χ1v) is 9.27. The van der Waals surface area contributed by atoms with E-state index in [1.54, 1.807) is 36.1 Å². The Morgan fingerprint density at radius 1 is 1.29 bits per heavy atom. The van der Waals surface area contributed by atoms with E-state index in [1.807, 2.05) is 16.8 Å². The zero-order valence-electron chi connectivity index (χ0n) is 14.5. The number of fused-ring (bicyclic) bond motifs is 1. The molecule has 3 aromatic heterocycles. The molecule has 3 heterocycles. The zero-order valence-corrected chi connectivity index (χ0v) is 16.1. The highest BCUT2D eigenvalue weighted by atomic mass is 35.5. The molecule has 0 fully saturated rings. The van der Waals surface area contributed by atoms with E-state index in [2.05, 4.69) is 16.2 Å². The molecule has 0 aliphatic carbocycles. The van der Waals surface area contributed by atoms with Gasteiger partial charge < -0.3 is 5.11 Å². The van der Waals surface area contributed by atoms with Crippen molar-refractivity contribution in [2.75, 3.05) is 0 Å². The summed E-state index contributed by atoms with van der Waals surface area (Å²) >= 11 is 7.50. The summed E-state index contributed by atoms with van der Waals surface area (Å²) in [5, 5.41) is 25.1. The molecule has 4 rings (SSSR count). The Morgan fingerprint density at radius 3 is 2.71 bits per heavy atom. The number of aromatic carboxylic acids is 1. The van der Waals surface area contributed by atoms with Gasteiger partial charge in [-0.05, 0) is 24.3 Å². The summed E-state index contributed by atoms with van der Waals surface area (Å²) in [6.45, 7) is 0. The number of rotatable bonds is 4. The second kappa shape index (κ2) is 7.03. The van der Waals surface area contributed by atoms with Gasteiger partial charge in [0, 0.05) is 29.9 Å². The van der Waals surface area contributed by atoms with Gasteiger partial charge in [0.05, 0.1) is 27.9 Å². The summed E-state index contributed by atoms with van der Waals surface area (Å²) in [6, 6.07) is 10.8. The van der Waals surface area contributed by atoms with E-state index in [0.29, 0.717) is 20.6 Å². The van der Waals surface area contributed by atoms with Gasteiger partial charge in [0.15, 0.2) is 0 Å². The van der Waals surface area contributed by atoms with Crippen LogP contribution in [0.4, 0.5) is 0 Å². The van der Waals surface area contributed by atoms with Crippen LogP contribution >= 0.6 is 23.4 Å². The molecule has 1 N–H and O–H groups in total. The van der Waals surface area contributed by atoms with Gasteiger partial charge in [0.25, 0.3) is 0 Å². The van der Waals surface area contributed by atoms with Crippen LogP contribution in [0.2, 0.25) is 5.02 Å². The van der Waals surface area contributed by atoms with Crippen molar-refractivity contribution in [2.45, 2.75) is 9.92 Å². The number of pyridine rings is 1. The van der Waals surface area contributed by atoms with Crippen LogP contribution in [0.15, 0.2) is 58.8 Å². The fourth-order valence-corrected chi connectivity index (χ4v) is 4.03. The zero-order chi connectivity index (χ0) is 19.8. The molecule has 0 bridgehead atoms. The second-order valence-electron chi connectivity index (χ2n) is 5.95. The molecule has 0 saturated carbocycles. The number of nitrogens with zero attached hydrogens (tertiary/aromatic N) is 5. The number of carbonyl (C=O) groups is 1. The minimum Gasteiger partial charge on any atom is -0.478 e. The maximum Gasteiger partial charge on any atom is 0.337 e. The molecular weight excluding hydrogens is 398 g/mol. The number of aryl methyl sites for hydroxylation is 1. The average Bonchev–Trinajstić information content (AvgIpc) is 3.22. The molecule has 9 heteroatoms. The first kappa shape index (κ1) is 18.1. The molecule has 0 unspecified atom stereocenters. The summed E-state index contributed by atoms with van der Waals surface area (Å²) in [5.41, 5.74) is 2.06. The highest BCUT2D eigenvalue weighted by Gasteiger charge is 2.21. The van der Waals surface area contributed by atoms with Crippen LogP contribution in [-0.2, 0) is 7.05 Å². The Bertz CT molecular complexity index is 1250. The van der Waals surface area contributed by atoms with Gasteiger partial charge in [-0.1, -0.05) is 29.4 Å². The van der Waals surface area contributed by atoms with Gasteiger partial charge in [0.2, 0.25) is 0 Å². The topological polar surface area (TPSA) is 96.7 Å². The van der Waals surface area contributed by atoms with Gasteiger partial charge in [-0.15, -0.1) is 0 Å². The van der Waals surface area contributed by atoms with Crippen molar-refractivity contribution < 1.29 is 9.90 Å². The van der Waals surface area contributed by atoms with Gasteiger partial charge in [-0.2, -0.15) is 10.4 Å². The minimum atomic E-state index is -1.04. The quantitative estimate of drug-likeness (QED) is 0.544. The summed E-state index contributed by atoms with van der Waals surface area (Å²) < 4.78 is 3.47. The third-order valence-corrected chi connectivity index (χ3v) is 5.43. The molecule has 7 nitrogen and oxygen atoms in total. The molecule has 0 amide bonds. The number of nitriles is 1. The normalized spacial score (nSPS) is 10.9. The van der Waals surface area contributed by atoms with Crippen molar-refractivity contribution in [1.29, 1.82) is 5.26 Å². The Morgan fingerprint density at radius 2 is 2.11 bits per heavy atom. The fraction of sp³-hybridized carbons (Fsp3) is 0.0526. The van der Waals surface area contributed by atoms with E-state index in [1.165, 1.54) is 24.0 Å². The van der Waals surface area contributed by atoms with E-state index in [0.717, 1.165) is 16.6 Å². The molecule has 0 atom stereocenters. The monoisotopic (exact) mass is 409 g/mol. The van der Waals surface area contributed by atoms with Gasteiger partial charge in [0.1, 0.15) is 16.8 Å². The smallest absolute Gasteiger partial charge is 0.337 e. The molecule has 0 aliphatic heterocycles. The number of hydrogen-bond donors (Lipinski definition) is 1. The highest BCUT2D eigenvalue weighted by molar-refractivity contribution is 7.99. The second-order valence-corrected chi connectivity index (χ2v) is 7.42. The van der Waals surface area contributed by atoms with Crippen molar-refractivity contribution in [3.63, 3.8) is 0 Å².